The number of benzene rings is 2. The van der Waals surface area contributed by atoms with Gasteiger partial charge >= 0.3 is 5.97 Å². The maximum Gasteiger partial charge on any atom is 0.356 e. The van der Waals surface area contributed by atoms with E-state index in [0.29, 0.717) is 4.90 Å². The van der Waals surface area contributed by atoms with Crippen molar-refractivity contribution in [1.82, 2.24) is 9.78 Å². The molecule has 1 aromatic heterocycles. The maximum atomic E-state index is 12.7. The first-order chi connectivity index (χ1) is 14.7. The van der Waals surface area contributed by atoms with Gasteiger partial charge in [-0.05, 0) is 48.5 Å². The molecule has 0 saturated carbocycles. The molecule has 0 aliphatic heterocycles. The lowest BCUT2D eigenvalue weighted by molar-refractivity contribution is -0.432. The van der Waals surface area contributed by atoms with Crippen LogP contribution >= 0.6 is 12.0 Å². The molecule has 0 fully saturated rings. The molecule has 1 heterocycles. The van der Waals surface area contributed by atoms with E-state index in [4.69, 9.17) is 9.81 Å². The highest BCUT2D eigenvalue weighted by molar-refractivity contribution is 7.94. The van der Waals surface area contributed by atoms with E-state index >= 15 is 0 Å². The molecule has 13 nitrogen and oxygen atoms in total. The van der Waals surface area contributed by atoms with Crippen LogP contribution in [0.4, 0.5) is 11.4 Å². The average molecular weight is 468 g/mol. The molecular weight excluding hydrogens is 456 g/mol. The van der Waals surface area contributed by atoms with Crippen LogP contribution in [0, 0.1) is 0 Å². The van der Waals surface area contributed by atoms with Crippen LogP contribution < -0.4 is 5.56 Å². The molecule has 0 unspecified atom stereocenters. The number of H-pyrrole nitrogens is 1. The fourth-order valence-corrected chi connectivity index (χ4v) is 3.19. The molecule has 3 rings (SSSR count). The summed E-state index contributed by atoms with van der Waals surface area (Å²) in [5.74, 6) is -1.47. The molecule has 0 amide bonds. The number of hydrogen-bond donors (Lipinski definition) is 4. The standard InChI is InChI=1S/C16H12N4O9S2/c21-15-13(18-17-9-1-5-11(6-2-9)30-29-28-24)14(16(22)23)19-20(15)10-3-7-12(8-4-10)31(25,26)27/h1-8,19,24H,(H,22,23)(H,25,26,27). The first kappa shape index (κ1) is 22.3. The molecular formula is C16H12N4O9S2. The quantitative estimate of drug-likeness (QED) is 0.125. The highest BCUT2D eigenvalue weighted by Gasteiger charge is 2.21. The van der Waals surface area contributed by atoms with Crippen molar-refractivity contribution < 1.29 is 37.5 Å². The average Bonchev–Trinajstić information content (AvgIpc) is 3.07. The van der Waals surface area contributed by atoms with Crippen molar-refractivity contribution in [3.8, 4) is 5.69 Å². The van der Waals surface area contributed by atoms with Gasteiger partial charge in [-0.2, -0.15) is 13.5 Å². The van der Waals surface area contributed by atoms with Gasteiger partial charge in [0, 0.05) is 4.90 Å². The SMILES string of the molecule is O=C(O)c1[nH]n(-c2ccc(S(=O)(=O)O)cc2)c(=O)c1N=Nc1ccc(SOOO)cc1. The predicted molar refractivity (Wildman–Crippen MR) is 104 cm³/mol. The summed E-state index contributed by atoms with van der Waals surface area (Å²) in [5.41, 5.74) is -1.47. The van der Waals surface area contributed by atoms with E-state index in [1.165, 1.54) is 24.3 Å². The molecule has 4 N–H and O–H groups in total. The summed E-state index contributed by atoms with van der Waals surface area (Å²) in [5, 5.41) is 30.9. The lowest BCUT2D eigenvalue weighted by Gasteiger charge is -2.02. The van der Waals surface area contributed by atoms with Crippen molar-refractivity contribution in [1.29, 1.82) is 0 Å². The Labute approximate surface area is 177 Å². The van der Waals surface area contributed by atoms with Gasteiger partial charge in [-0.15, -0.1) is 9.45 Å². The molecule has 162 valence electrons. The van der Waals surface area contributed by atoms with Crippen LogP contribution in [-0.4, -0.2) is 39.1 Å². The molecule has 0 bridgehead atoms. The number of carbonyl (C=O) groups is 1. The van der Waals surface area contributed by atoms with Crippen molar-refractivity contribution in [2.24, 2.45) is 10.2 Å². The van der Waals surface area contributed by atoms with E-state index < -0.39 is 37.9 Å². The minimum atomic E-state index is -4.43. The molecule has 0 radical (unpaired) electrons. The topological polar surface area (TPSA) is 193 Å². The summed E-state index contributed by atoms with van der Waals surface area (Å²) in [4.78, 5) is 24.3. The summed E-state index contributed by atoms with van der Waals surface area (Å²) in [6, 6.07) is 10.6. The van der Waals surface area contributed by atoms with Crippen LogP contribution in [0.15, 0.2) is 73.3 Å². The number of hydrogen-bond acceptors (Lipinski definition) is 10. The Morgan fingerprint density at radius 2 is 1.71 bits per heavy atom. The largest absolute Gasteiger partial charge is 0.476 e. The van der Waals surface area contributed by atoms with E-state index in [1.54, 1.807) is 12.1 Å². The molecule has 0 atom stereocenters. The van der Waals surface area contributed by atoms with Crippen LogP contribution in [0.1, 0.15) is 10.5 Å². The van der Waals surface area contributed by atoms with Gasteiger partial charge in [-0.3, -0.25) is 14.4 Å². The third kappa shape index (κ3) is 5.23. The number of carboxylic acids is 1. The van der Waals surface area contributed by atoms with Crippen molar-refractivity contribution in [2.75, 3.05) is 0 Å². The molecule has 2 aromatic carbocycles. The fourth-order valence-electron chi connectivity index (χ4n) is 2.35. The molecule has 0 spiro atoms. The van der Waals surface area contributed by atoms with Gasteiger partial charge in [0.2, 0.25) is 0 Å². The number of aromatic nitrogens is 2. The molecule has 0 saturated heterocycles. The molecule has 31 heavy (non-hydrogen) atoms. The Morgan fingerprint density at radius 1 is 1.06 bits per heavy atom. The normalized spacial score (nSPS) is 11.8. The molecule has 0 aliphatic rings. The predicted octanol–water partition coefficient (Wildman–Crippen LogP) is 2.95. The Morgan fingerprint density at radius 3 is 2.26 bits per heavy atom. The van der Waals surface area contributed by atoms with E-state index in [1.807, 2.05) is 0 Å². The summed E-state index contributed by atoms with van der Waals surface area (Å²) < 4.78 is 36.4. The van der Waals surface area contributed by atoms with Gasteiger partial charge in [-0.25, -0.2) is 14.7 Å². The van der Waals surface area contributed by atoms with Crippen molar-refractivity contribution in [3.63, 3.8) is 0 Å². The van der Waals surface area contributed by atoms with Gasteiger partial charge < -0.3 is 5.11 Å². The summed E-state index contributed by atoms with van der Waals surface area (Å²) >= 11 is 0.722. The molecule has 15 heteroatoms. The number of nitrogens with zero attached hydrogens (tertiary/aromatic N) is 3. The van der Waals surface area contributed by atoms with Crippen LogP contribution in [0.3, 0.4) is 0 Å². The Bertz CT molecular complexity index is 1280. The maximum absolute atomic E-state index is 12.7. The minimum Gasteiger partial charge on any atom is -0.476 e. The van der Waals surface area contributed by atoms with Gasteiger partial charge in [-0.1, -0.05) is 5.04 Å². The van der Waals surface area contributed by atoms with E-state index in [9.17, 15) is 23.1 Å². The van der Waals surface area contributed by atoms with Crippen LogP contribution in [0.25, 0.3) is 5.69 Å². The summed E-state index contributed by atoms with van der Waals surface area (Å²) in [6.45, 7) is 0. The summed E-state index contributed by atoms with van der Waals surface area (Å²) in [6.07, 6.45) is 0. The Hall–Kier alpha value is -3.34. The smallest absolute Gasteiger partial charge is 0.356 e. The Balaban J connectivity index is 1.94. The zero-order valence-corrected chi connectivity index (χ0v) is 16.7. The van der Waals surface area contributed by atoms with Crippen molar-refractivity contribution >= 4 is 39.5 Å². The van der Waals surface area contributed by atoms with Gasteiger partial charge in [0.15, 0.2) is 11.4 Å². The van der Waals surface area contributed by atoms with Crippen LogP contribution in [-0.2, 0) is 19.5 Å². The lowest BCUT2D eigenvalue weighted by atomic mass is 10.3. The van der Waals surface area contributed by atoms with Crippen LogP contribution in [0.5, 0.6) is 0 Å². The first-order valence-corrected chi connectivity index (χ1v) is 10.2. The minimum absolute atomic E-state index is 0.105. The second-order valence-electron chi connectivity index (χ2n) is 5.67. The van der Waals surface area contributed by atoms with E-state index in [-0.39, 0.29) is 11.4 Å². The van der Waals surface area contributed by atoms with E-state index in [2.05, 4.69) is 24.7 Å². The van der Waals surface area contributed by atoms with Crippen LogP contribution in [0.2, 0.25) is 0 Å². The zero-order chi connectivity index (χ0) is 22.6. The number of carboxylic acid groups (broad SMARTS) is 1. The lowest BCUT2D eigenvalue weighted by Crippen LogP contribution is -2.14. The number of nitrogens with one attached hydrogen (secondary N) is 1. The monoisotopic (exact) mass is 468 g/mol. The highest BCUT2D eigenvalue weighted by atomic mass is 32.2. The third-order valence-corrected chi connectivity index (χ3v) is 5.20. The number of aromatic carboxylic acids is 1. The van der Waals surface area contributed by atoms with E-state index in [0.717, 1.165) is 28.9 Å². The van der Waals surface area contributed by atoms with Crippen molar-refractivity contribution in [3.05, 3.63) is 64.6 Å². The van der Waals surface area contributed by atoms with Gasteiger partial charge in [0.1, 0.15) is 0 Å². The second-order valence-corrected chi connectivity index (χ2v) is 7.87. The number of azo groups is 1. The number of aromatic amines is 1. The van der Waals surface area contributed by atoms with Gasteiger partial charge in [0.25, 0.3) is 15.7 Å². The third-order valence-electron chi connectivity index (χ3n) is 3.74. The van der Waals surface area contributed by atoms with Gasteiger partial charge in [0.05, 0.1) is 28.3 Å². The highest BCUT2D eigenvalue weighted by Crippen LogP contribution is 2.24. The molecule has 0 aliphatic carbocycles. The second kappa shape index (κ2) is 9.21. The molecule has 3 aromatic rings. The first-order valence-electron chi connectivity index (χ1n) is 8.03. The Kier molecular flexibility index (Phi) is 6.64. The fraction of sp³-hybridized carbons (Fsp3) is 0. The van der Waals surface area contributed by atoms with Crippen molar-refractivity contribution in [2.45, 2.75) is 9.79 Å². The number of rotatable bonds is 8. The summed E-state index contributed by atoms with van der Waals surface area (Å²) in [7, 11) is -4.43. The zero-order valence-electron chi connectivity index (χ0n) is 15.1.